The van der Waals surface area contributed by atoms with E-state index in [4.69, 9.17) is 14.2 Å². The summed E-state index contributed by atoms with van der Waals surface area (Å²) in [6.45, 7) is 1.77. The Bertz CT molecular complexity index is 714. The number of methoxy groups -OCH3 is 1. The molecule has 0 bridgehead atoms. The molecule has 2 aromatic rings. The molecule has 2 aromatic carbocycles. The van der Waals surface area contributed by atoms with E-state index in [-0.39, 0.29) is 13.2 Å². The van der Waals surface area contributed by atoms with Crippen molar-refractivity contribution in [2.24, 2.45) is 0 Å². The Morgan fingerprint density at radius 2 is 1.67 bits per heavy atom. The summed E-state index contributed by atoms with van der Waals surface area (Å²) < 4.78 is 15.6. The Morgan fingerprint density at radius 1 is 1.00 bits per heavy atom. The van der Waals surface area contributed by atoms with E-state index in [9.17, 15) is 9.59 Å². The van der Waals surface area contributed by atoms with Crippen LogP contribution in [0.1, 0.15) is 17.3 Å². The van der Waals surface area contributed by atoms with Crippen LogP contribution in [0.2, 0.25) is 0 Å². The first-order chi connectivity index (χ1) is 11.7. The molecule has 0 radical (unpaired) electrons. The van der Waals surface area contributed by atoms with Gasteiger partial charge in [-0.1, -0.05) is 24.3 Å². The fourth-order valence-electron chi connectivity index (χ4n) is 2.05. The maximum Gasteiger partial charge on any atom is 0.340 e. The third-order valence-corrected chi connectivity index (χ3v) is 3.12. The predicted molar refractivity (Wildman–Crippen MR) is 89.5 cm³/mol. The first-order valence-corrected chi connectivity index (χ1v) is 7.47. The standard InChI is InChI=1S/C18H19NO5/c1-3-23-18(21)13-8-4-5-9-14(13)19-17(20)12-24-16-11-7-6-10-15(16)22-2/h4-11H,3,12H2,1-2H3,(H,19,20). The number of esters is 1. The van der Waals surface area contributed by atoms with Crippen LogP contribution in [0.5, 0.6) is 11.5 Å². The van der Waals surface area contributed by atoms with Crippen LogP contribution in [-0.4, -0.2) is 32.2 Å². The average molecular weight is 329 g/mol. The third kappa shape index (κ3) is 4.49. The lowest BCUT2D eigenvalue weighted by Gasteiger charge is -2.12. The molecule has 0 heterocycles. The number of amides is 1. The molecule has 24 heavy (non-hydrogen) atoms. The van der Waals surface area contributed by atoms with E-state index in [1.807, 2.05) is 0 Å². The normalized spacial score (nSPS) is 9.92. The molecule has 0 aliphatic carbocycles. The number of hydrogen-bond donors (Lipinski definition) is 1. The molecule has 0 unspecified atom stereocenters. The molecule has 0 aliphatic heterocycles. The van der Waals surface area contributed by atoms with Gasteiger partial charge in [-0.3, -0.25) is 4.79 Å². The van der Waals surface area contributed by atoms with Crippen molar-refractivity contribution in [1.29, 1.82) is 0 Å². The Labute approximate surface area is 140 Å². The van der Waals surface area contributed by atoms with Gasteiger partial charge in [0, 0.05) is 0 Å². The number of anilines is 1. The summed E-state index contributed by atoms with van der Waals surface area (Å²) in [5, 5.41) is 2.65. The number of nitrogens with one attached hydrogen (secondary N) is 1. The summed E-state index contributed by atoms with van der Waals surface area (Å²) in [7, 11) is 1.53. The second kappa shape index (κ2) is 8.57. The molecule has 0 atom stereocenters. The van der Waals surface area contributed by atoms with Crippen LogP contribution in [0.25, 0.3) is 0 Å². The van der Waals surface area contributed by atoms with Gasteiger partial charge < -0.3 is 19.5 Å². The van der Waals surface area contributed by atoms with E-state index in [0.29, 0.717) is 22.7 Å². The van der Waals surface area contributed by atoms with Crippen LogP contribution in [0.15, 0.2) is 48.5 Å². The van der Waals surface area contributed by atoms with Crippen molar-refractivity contribution in [3.8, 4) is 11.5 Å². The highest BCUT2D eigenvalue weighted by atomic mass is 16.5. The highest BCUT2D eigenvalue weighted by Crippen LogP contribution is 2.25. The average Bonchev–Trinajstić information content (AvgIpc) is 2.61. The Kier molecular flexibility index (Phi) is 6.19. The van der Waals surface area contributed by atoms with E-state index in [1.54, 1.807) is 55.5 Å². The lowest BCUT2D eigenvalue weighted by Crippen LogP contribution is -2.22. The zero-order valence-electron chi connectivity index (χ0n) is 13.6. The van der Waals surface area contributed by atoms with Crippen molar-refractivity contribution < 1.29 is 23.8 Å². The minimum atomic E-state index is -0.487. The molecule has 0 saturated heterocycles. The maximum atomic E-state index is 12.1. The minimum Gasteiger partial charge on any atom is -0.493 e. The molecule has 6 heteroatoms. The van der Waals surface area contributed by atoms with Crippen LogP contribution >= 0.6 is 0 Å². The lowest BCUT2D eigenvalue weighted by atomic mass is 10.2. The van der Waals surface area contributed by atoms with E-state index >= 15 is 0 Å². The minimum absolute atomic E-state index is 0.211. The second-order valence-electron chi connectivity index (χ2n) is 4.75. The van der Waals surface area contributed by atoms with Gasteiger partial charge in [-0.25, -0.2) is 4.79 Å². The molecule has 2 rings (SSSR count). The summed E-state index contributed by atoms with van der Waals surface area (Å²) in [6.07, 6.45) is 0. The van der Waals surface area contributed by atoms with E-state index in [1.165, 1.54) is 7.11 Å². The molecular formula is C18H19NO5. The van der Waals surface area contributed by atoms with Crippen molar-refractivity contribution in [2.45, 2.75) is 6.92 Å². The van der Waals surface area contributed by atoms with Gasteiger partial charge >= 0.3 is 5.97 Å². The van der Waals surface area contributed by atoms with E-state index in [2.05, 4.69) is 5.32 Å². The molecule has 0 spiro atoms. The Balaban J connectivity index is 2.01. The molecule has 0 aliphatic rings. The number of hydrogen-bond acceptors (Lipinski definition) is 5. The fraction of sp³-hybridized carbons (Fsp3) is 0.222. The van der Waals surface area contributed by atoms with Crippen molar-refractivity contribution in [3.63, 3.8) is 0 Å². The molecular weight excluding hydrogens is 310 g/mol. The largest absolute Gasteiger partial charge is 0.493 e. The Hall–Kier alpha value is -3.02. The first-order valence-electron chi connectivity index (χ1n) is 7.47. The molecule has 0 fully saturated rings. The SMILES string of the molecule is CCOC(=O)c1ccccc1NC(=O)COc1ccccc1OC. The molecule has 6 nitrogen and oxygen atoms in total. The molecule has 0 aromatic heterocycles. The molecule has 0 saturated carbocycles. The van der Waals surface area contributed by atoms with Crippen LogP contribution in [0.3, 0.4) is 0 Å². The number of para-hydroxylation sites is 3. The number of carbonyl (C=O) groups is 2. The molecule has 126 valence electrons. The first kappa shape index (κ1) is 17.3. The second-order valence-corrected chi connectivity index (χ2v) is 4.75. The predicted octanol–water partition coefficient (Wildman–Crippen LogP) is 2.89. The van der Waals surface area contributed by atoms with Crippen molar-refractivity contribution >= 4 is 17.6 Å². The van der Waals surface area contributed by atoms with Gasteiger partial charge in [0.15, 0.2) is 18.1 Å². The number of carbonyl (C=O) groups excluding carboxylic acids is 2. The lowest BCUT2D eigenvalue weighted by molar-refractivity contribution is -0.118. The smallest absolute Gasteiger partial charge is 0.340 e. The highest BCUT2D eigenvalue weighted by molar-refractivity contribution is 6.01. The van der Waals surface area contributed by atoms with Gasteiger partial charge in [0.25, 0.3) is 5.91 Å². The van der Waals surface area contributed by atoms with Crippen LogP contribution in [-0.2, 0) is 9.53 Å². The summed E-state index contributed by atoms with van der Waals surface area (Å²) in [5.41, 5.74) is 0.676. The van der Waals surface area contributed by atoms with Gasteiger partial charge in [-0.15, -0.1) is 0 Å². The van der Waals surface area contributed by atoms with Crippen LogP contribution in [0, 0.1) is 0 Å². The van der Waals surface area contributed by atoms with Gasteiger partial charge in [0.1, 0.15) is 0 Å². The maximum absolute atomic E-state index is 12.1. The summed E-state index contributed by atoms with van der Waals surface area (Å²) in [5.74, 6) is 0.128. The zero-order valence-corrected chi connectivity index (χ0v) is 13.6. The van der Waals surface area contributed by atoms with Crippen LogP contribution < -0.4 is 14.8 Å². The summed E-state index contributed by atoms with van der Waals surface area (Å²) in [4.78, 5) is 24.0. The van der Waals surface area contributed by atoms with Gasteiger partial charge in [-0.05, 0) is 31.2 Å². The summed E-state index contributed by atoms with van der Waals surface area (Å²) >= 11 is 0. The van der Waals surface area contributed by atoms with Crippen molar-refractivity contribution in [3.05, 3.63) is 54.1 Å². The number of ether oxygens (including phenoxy) is 3. The number of rotatable bonds is 7. The van der Waals surface area contributed by atoms with Gasteiger partial charge in [0.05, 0.1) is 25.0 Å². The monoisotopic (exact) mass is 329 g/mol. The zero-order chi connectivity index (χ0) is 17.4. The molecule has 1 amide bonds. The quantitative estimate of drug-likeness (QED) is 0.791. The van der Waals surface area contributed by atoms with Crippen molar-refractivity contribution in [1.82, 2.24) is 0 Å². The molecule has 1 N–H and O–H groups in total. The Morgan fingerprint density at radius 3 is 2.38 bits per heavy atom. The summed E-state index contributed by atoms with van der Waals surface area (Å²) in [6, 6.07) is 13.7. The third-order valence-electron chi connectivity index (χ3n) is 3.12. The number of benzene rings is 2. The van der Waals surface area contributed by atoms with E-state index in [0.717, 1.165) is 0 Å². The topological polar surface area (TPSA) is 73.9 Å². The van der Waals surface area contributed by atoms with Crippen LogP contribution in [0.4, 0.5) is 5.69 Å². The fourth-order valence-corrected chi connectivity index (χ4v) is 2.05. The van der Waals surface area contributed by atoms with Crippen molar-refractivity contribution in [2.75, 3.05) is 25.6 Å². The highest BCUT2D eigenvalue weighted by Gasteiger charge is 2.14. The van der Waals surface area contributed by atoms with Gasteiger partial charge in [0.2, 0.25) is 0 Å². The van der Waals surface area contributed by atoms with E-state index < -0.39 is 11.9 Å². The van der Waals surface area contributed by atoms with Gasteiger partial charge in [-0.2, -0.15) is 0 Å².